The fourth-order valence-corrected chi connectivity index (χ4v) is 6.35. The van der Waals surface area contributed by atoms with E-state index in [0.717, 1.165) is 13.8 Å². The third-order valence-electron chi connectivity index (χ3n) is 9.01. The number of hydrogen-bond donors (Lipinski definition) is 14. The van der Waals surface area contributed by atoms with Crippen LogP contribution in [0.3, 0.4) is 0 Å². The maximum atomic E-state index is 12.3. The van der Waals surface area contributed by atoms with Gasteiger partial charge in [-0.2, -0.15) is 0 Å². The van der Waals surface area contributed by atoms with E-state index in [1.807, 2.05) is 0 Å². The molecule has 0 aromatic carbocycles. The molecule has 4 fully saturated rings. The summed E-state index contributed by atoms with van der Waals surface area (Å²) in [6, 6.07) is -3.03. The number of carbonyl (C=O) groups excluding carboxylic acids is 2. The zero-order valence-corrected chi connectivity index (χ0v) is 27.4. The lowest BCUT2D eigenvalue weighted by atomic mass is 9.94. The van der Waals surface area contributed by atoms with Crippen molar-refractivity contribution in [3.63, 3.8) is 0 Å². The van der Waals surface area contributed by atoms with Crippen molar-refractivity contribution in [2.75, 3.05) is 26.4 Å². The molecule has 296 valence electrons. The summed E-state index contributed by atoms with van der Waals surface area (Å²) in [5, 5.41) is 130. The van der Waals surface area contributed by atoms with Crippen molar-refractivity contribution in [3.05, 3.63) is 0 Å². The summed E-state index contributed by atoms with van der Waals surface area (Å²) in [6.45, 7) is -1.29. The van der Waals surface area contributed by atoms with Crippen molar-refractivity contribution in [1.29, 1.82) is 0 Å². The molecule has 14 N–H and O–H groups in total. The first-order valence-electron chi connectivity index (χ1n) is 16.1. The Hall–Kier alpha value is -1.82. The standard InChI is InChI=1S/C28H48N2O21/c1-7(35)29-13-17(39)22(11(5-33)45-25(13)44)50-28-21(43)19(41)23(12(6-34)48-28)49-26-14(30-8(2)36)24(16(38)10(4-32)46-26)51-27-20(42)18(40)15(37)9(3-31)47-27/h9-28,31-34,37-44H,3-6H2,1-2H3,(H,29,35)(H,30,36)/t9-,10-,11-,12-,13-,14-,15+,16+,17-,18+,19-,20-,21-,22-,23+,24-,25?,26+,27+,28+/m1/s1. The van der Waals surface area contributed by atoms with E-state index in [1.165, 1.54) is 0 Å². The van der Waals surface area contributed by atoms with Crippen molar-refractivity contribution >= 4 is 11.8 Å². The zero-order chi connectivity index (χ0) is 37.9. The van der Waals surface area contributed by atoms with Crippen LogP contribution < -0.4 is 10.6 Å². The quantitative estimate of drug-likeness (QED) is 0.0881. The lowest BCUT2D eigenvalue weighted by Crippen LogP contribution is -2.70. The van der Waals surface area contributed by atoms with Gasteiger partial charge in [0.1, 0.15) is 97.5 Å². The summed E-state index contributed by atoms with van der Waals surface area (Å²) in [5.74, 6) is -1.41. The molecule has 4 heterocycles. The monoisotopic (exact) mass is 748 g/mol. The van der Waals surface area contributed by atoms with Crippen molar-refractivity contribution in [2.45, 2.75) is 137 Å². The Kier molecular flexibility index (Phi) is 14.8. The molecule has 0 bridgehead atoms. The van der Waals surface area contributed by atoms with Crippen LogP contribution >= 0.6 is 0 Å². The van der Waals surface area contributed by atoms with E-state index in [1.54, 1.807) is 0 Å². The predicted octanol–water partition coefficient (Wildman–Crippen LogP) is -9.46. The molecule has 23 heteroatoms. The third kappa shape index (κ3) is 9.11. The maximum Gasteiger partial charge on any atom is 0.217 e. The lowest BCUT2D eigenvalue weighted by Gasteiger charge is -2.50. The van der Waals surface area contributed by atoms with Gasteiger partial charge in [-0.1, -0.05) is 0 Å². The van der Waals surface area contributed by atoms with Crippen molar-refractivity contribution in [2.24, 2.45) is 0 Å². The molecular weight excluding hydrogens is 700 g/mol. The van der Waals surface area contributed by atoms with Crippen LogP contribution in [0.25, 0.3) is 0 Å². The number of nitrogens with one attached hydrogen (secondary N) is 2. The molecule has 4 aliphatic rings. The van der Waals surface area contributed by atoms with Gasteiger partial charge >= 0.3 is 0 Å². The molecule has 0 aromatic heterocycles. The second kappa shape index (κ2) is 18.0. The summed E-state index contributed by atoms with van der Waals surface area (Å²) >= 11 is 0. The Balaban J connectivity index is 1.56. The minimum absolute atomic E-state index is 0.660. The van der Waals surface area contributed by atoms with Crippen molar-refractivity contribution < 1.29 is 104 Å². The van der Waals surface area contributed by atoms with Gasteiger partial charge in [0.25, 0.3) is 0 Å². The van der Waals surface area contributed by atoms with Gasteiger partial charge in [-0.3, -0.25) is 9.59 Å². The number of aliphatic hydroxyl groups is 12. The van der Waals surface area contributed by atoms with Crippen LogP contribution in [0, 0.1) is 0 Å². The number of hydrogen-bond acceptors (Lipinski definition) is 21. The second-order valence-corrected chi connectivity index (χ2v) is 12.6. The van der Waals surface area contributed by atoms with E-state index in [-0.39, 0.29) is 0 Å². The Bertz CT molecular complexity index is 1140. The number of carbonyl (C=O) groups is 2. The minimum atomic E-state index is -2.04. The van der Waals surface area contributed by atoms with E-state index >= 15 is 0 Å². The van der Waals surface area contributed by atoms with E-state index in [0.29, 0.717) is 0 Å². The van der Waals surface area contributed by atoms with E-state index in [2.05, 4.69) is 10.6 Å². The van der Waals surface area contributed by atoms with Crippen LogP contribution in [0.5, 0.6) is 0 Å². The van der Waals surface area contributed by atoms with Crippen LogP contribution in [-0.4, -0.2) is 222 Å². The lowest BCUT2D eigenvalue weighted by molar-refractivity contribution is -0.375. The van der Waals surface area contributed by atoms with Crippen LogP contribution in [0.4, 0.5) is 0 Å². The van der Waals surface area contributed by atoms with E-state index < -0.39 is 161 Å². The first-order chi connectivity index (χ1) is 24.1. The highest BCUT2D eigenvalue weighted by Crippen LogP contribution is 2.34. The molecule has 23 nitrogen and oxygen atoms in total. The largest absolute Gasteiger partial charge is 0.394 e. The fourth-order valence-electron chi connectivity index (χ4n) is 6.35. The van der Waals surface area contributed by atoms with Crippen molar-refractivity contribution in [1.82, 2.24) is 10.6 Å². The number of aliphatic hydroxyl groups excluding tert-OH is 12. The summed E-state index contributed by atoms with van der Waals surface area (Å²) in [7, 11) is 0. The first kappa shape index (κ1) is 41.9. The number of rotatable bonds is 12. The molecule has 4 rings (SSSR count). The average molecular weight is 749 g/mol. The van der Waals surface area contributed by atoms with E-state index in [9.17, 15) is 70.9 Å². The molecule has 4 saturated heterocycles. The average Bonchev–Trinajstić information content (AvgIpc) is 3.09. The molecule has 0 aromatic rings. The molecule has 0 spiro atoms. The van der Waals surface area contributed by atoms with E-state index in [4.69, 9.17) is 33.2 Å². The SMILES string of the molecule is CC(=O)N[C@H]1[C@H](O[C@@H]2[C@H](O)[C@@H](O)[C@H](O[C@H]3[C@H](O)[C@@H](NC(C)=O)C(O)O[C@@H]3CO)O[C@@H]2CO)O[C@H](CO)[C@H](O)[C@@H]1O[C@@H]1O[C@H](CO)[C@H](O)[C@H](O)[C@H]1O. The summed E-state index contributed by atoms with van der Waals surface area (Å²) < 4.78 is 39.2. The smallest absolute Gasteiger partial charge is 0.217 e. The first-order valence-corrected chi connectivity index (χ1v) is 16.1. The number of amides is 2. The Morgan fingerprint density at radius 2 is 0.882 bits per heavy atom. The van der Waals surface area contributed by atoms with Crippen LogP contribution in [0.1, 0.15) is 13.8 Å². The van der Waals surface area contributed by atoms with Gasteiger partial charge in [-0.15, -0.1) is 0 Å². The highest BCUT2D eigenvalue weighted by molar-refractivity contribution is 5.73. The van der Waals surface area contributed by atoms with Gasteiger partial charge in [0.15, 0.2) is 25.2 Å². The molecular formula is C28H48N2O21. The van der Waals surface area contributed by atoms with Gasteiger partial charge in [-0.25, -0.2) is 0 Å². The van der Waals surface area contributed by atoms with Crippen molar-refractivity contribution in [3.8, 4) is 0 Å². The molecule has 1 unspecified atom stereocenters. The molecule has 20 atom stereocenters. The molecule has 4 aliphatic heterocycles. The highest BCUT2D eigenvalue weighted by Gasteiger charge is 2.55. The number of ether oxygens (including phenoxy) is 7. The summed E-state index contributed by atoms with van der Waals surface area (Å²) in [4.78, 5) is 23.9. The van der Waals surface area contributed by atoms with Gasteiger partial charge < -0.3 is 105 Å². The Labute approximate surface area is 289 Å². The highest BCUT2D eigenvalue weighted by atomic mass is 16.8. The fraction of sp³-hybridized carbons (Fsp3) is 0.929. The summed E-state index contributed by atoms with van der Waals surface area (Å²) in [6.07, 6.45) is -31.4. The molecule has 0 saturated carbocycles. The maximum absolute atomic E-state index is 12.3. The van der Waals surface area contributed by atoms with Gasteiger partial charge in [-0.05, 0) is 0 Å². The predicted molar refractivity (Wildman–Crippen MR) is 157 cm³/mol. The molecule has 51 heavy (non-hydrogen) atoms. The topological polar surface area (TPSA) is 366 Å². The van der Waals surface area contributed by atoms with Crippen LogP contribution in [0.15, 0.2) is 0 Å². The van der Waals surface area contributed by atoms with Crippen LogP contribution in [-0.2, 0) is 42.7 Å². The normalized spacial score (nSPS) is 47.8. The molecule has 0 aliphatic carbocycles. The Morgan fingerprint density at radius 3 is 1.43 bits per heavy atom. The van der Waals surface area contributed by atoms with Gasteiger partial charge in [0.05, 0.1) is 26.4 Å². The van der Waals surface area contributed by atoms with Gasteiger partial charge in [0.2, 0.25) is 11.8 Å². The van der Waals surface area contributed by atoms with Crippen LogP contribution in [0.2, 0.25) is 0 Å². The summed E-state index contributed by atoms with van der Waals surface area (Å²) in [5.41, 5.74) is 0. The molecule has 0 radical (unpaired) electrons. The minimum Gasteiger partial charge on any atom is -0.394 e. The third-order valence-corrected chi connectivity index (χ3v) is 9.01. The second-order valence-electron chi connectivity index (χ2n) is 12.6. The zero-order valence-electron chi connectivity index (χ0n) is 27.4. The molecule has 2 amide bonds. The van der Waals surface area contributed by atoms with Gasteiger partial charge in [0, 0.05) is 13.8 Å². The Morgan fingerprint density at radius 1 is 0.471 bits per heavy atom.